The van der Waals surface area contributed by atoms with E-state index in [-0.39, 0.29) is 29.2 Å². The molecule has 1 saturated heterocycles. The summed E-state index contributed by atoms with van der Waals surface area (Å²) in [6.45, 7) is 4.98. The van der Waals surface area contributed by atoms with Crippen LogP contribution in [0.15, 0.2) is 228 Å². The van der Waals surface area contributed by atoms with Gasteiger partial charge in [0.15, 0.2) is 0 Å². The van der Waals surface area contributed by atoms with Gasteiger partial charge in [-0.1, -0.05) is 172 Å². The number of benzene rings is 7. The summed E-state index contributed by atoms with van der Waals surface area (Å²) in [6, 6.07) is 61.6. The lowest BCUT2D eigenvalue weighted by Gasteiger charge is -2.45. The van der Waals surface area contributed by atoms with Crippen molar-refractivity contribution in [1.82, 2.24) is 14.8 Å². The molecular formula is C67H60N4OS. The molecule has 73 heavy (non-hydrogen) atoms. The second-order valence-corrected chi connectivity index (χ2v) is 25.9. The number of anilines is 1. The van der Waals surface area contributed by atoms with E-state index in [4.69, 9.17) is 4.42 Å². The van der Waals surface area contributed by atoms with Crippen molar-refractivity contribution < 1.29 is 4.42 Å². The van der Waals surface area contributed by atoms with Gasteiger partial charge in [0.25, 0.3) is 0 Å². The molecule has 15 rings (SSSR count). The largest absolute Gasteiger partial charge is 0.456 e. The van der Waals surface area contributed by atoms with Gasteiger partial charge < -0.3 is 14.3 Å². The Labute approximate surface area is 429 Å². The van der Waals surface area contributed by atoms with Crippen LogP contribution in [0.5, 0.6) is 0 Å². The molecule has 2 N–H and O–H groups in total. The summed E-state index contributed by atoms with van der Waals surface area (Å²) >= 11 is 0. The highest BCUT2D eigenvalue weighted by molar-refractivity contribution is 8.33. The molecular weight excluding hydrogens is 909 g/mol. The number of fused-ring (bicyclic) bond motifs is 9. The van der Waals surface area contributed by atoms with E-state index in [2.05, 4.69) is 259 Å². The molecule has 2 fully saturated rings. The van der Waals surface area contributed by atoms with Gasteiger partial charge in [0.1, 0.15) is 17.5 Å². The molecule has 10 unspecified atom stereocenters. The number of hydrogen-bond acceptors (Lipinski definition) is 4. The van der Waals surface area contributed by atoms with Gasteiger partial charge in [-0.15, -0.1) is 0 Å². The maximum Gasteiger partial charge on any atom is 0.136 e. The number of nitrogens with one attached hydrogen (secondary N) is 2. The zero-order valence-electron chi connectivity index (χ0n) is 41.7. The fourth-order valence-electron chi connectivity index (χ4n) is 14.9. The number of aromatic nitrogens is 1. The van der Waals surface area contributed by atoms with Crippen LogP contribution in [0.4, 0.5) is 5.69 Å². The fourth-order valence-corrected chi connectivity index (χ4v) is 18.7. The lowest BCUT2D eigenvalue weighted by molar-refractivity contribution is 0.109. The molecule has 0 amide bonds. The Balaban J connectivity index is 0.821. The van der Waals surface area contributed by atoms with Crippen molar-refractivity contribution >= 4 is 65.0 Å². The highest BCUT2D eigenvalue weighted by Gasteiger charge is 2.69. The zero-order valence-corrected chi connectivity index (χ0v) is 42.5. The number of furan rings is 1. The number of rotatable bonds is 8. The first kappa shape index (κ1) is 43.5. The predicted molar refractivity (Wildman–Crippen MR) is 305 cm³/mol. The van der Waals surface area contributed by atoms with E-state index in [0.717, 1.165) is 27.7 Å². The van der Waals surface area contributed by atoms with Gasteiger partial charge in [-0.25, -0.2) is 10.0 Å². The van der Waals surface area contributed by atoms with Gasteiger partial charge in [-0.3, -0.25) is 10.2 Å². The Morgan fingerprint density at radius 1 is 0.699 bits per heavy atom. The molecule has 2 bridgehead atoms. The Kier molecular flexibility index (Phi) is 9.65. The van der Waals surface area contributed by atoms with Crippen LogP contribution < -0.4 is 10.6 Å². The van der Waals surface area contributed by atoms with Crippen molar-refractivity contribution in [2.24, 2.45) is 22.7 Å². The van der Waals surface area contributed by atoms with Gasteiger partial charge in [-0.05, 0) is 124 Å². The predicted octanol–water partition coefficient (Wildman–Crippen LogP) is 15.9. The molecule has 2 aliphatic heterocycles. The van der Waals surface area contributed by atoms with E-state index < -0.39 is 10.0 Å². The SMILES string of the molecule is CC1C=CC=CC1S(C)(Cc1ccc2c(c1)c1cc(C3=CC4(C)C(C=C3)N(C3Nc5ccccc5C(c5ccc6oc7ccccc7c6c5)N3)C3CC5C=CC34C5)ccc1n2-c1ccccc1)c1ccccc1. The lowest BCUT2D eigenvalue weighted by Crippen LogP contribution is -2.59. The molecule has 6 heteroatoms. The molecule has 6 aliphatic rings. The van der Waals surface area contributed by atoms with Gasteiger partial charge in [0.2, 0.25) is 0 Å². The highest BCUT2D eigenvalue weighted by atomic mass is 32.3. The van der Waals surface area contributed by atoms with Gasteiger partial charge in [0.05, 0.1) is 17.1 Å². The van der Waals surface area contributed by atoms with Crippen molar-refractivity contribution in [3.8, 4) is 5.69 Å². The molecule has 2 aromatic heterocycles. The quantitative estimate of drug-likeness (QED) is 0.149. The number of hydrogen-bond donors (Lipinski definition) is 2. The van der Waals surface area contributed by atoms with Crippen molar-refractivity contribution in [3.63, 3.8) is 0 Å². The van der Waals surface area contributed by atoms with E-state index in [9.17, 15) is 0 Å². The topological polar surface area (TPSA) is 45.4 Å². The molecule has 10 atom stereocenters. The van der Waals surface area contributed by atoms with Crippen LogP contribution in [-0.2, 0) is 5.75 Å². The second kappa shape index (κ2) is 16.2. The first-order valence-electron chi connectivity index (χ1n) is 26.4. The van der Waals surface area contributed by atoms with Crippen LogP contribution in [-0.4, -0.2) is 39.3 Å². The average molecular weight is 969 g/mol. The summed E-state index contributed by atoms with van der Waals surface area (Å²) < 4.78 is 8.78. The molecule has 4 aliphatic carbocycles. The summed E-state index contributed by atoms with van der Waals surface area (Å²) in [5.41, 5.74) is 13.1. The molecule has 0 radical (unpaired) electrons. The fraction of sp³-hybridized carbons (Fsp3) is 0.224. The van der Waals surface area contributed by atoms with E-state index in [1.165, 1.54) is 78.7 Å². The summed E-state index contributed by atoms with van der Waals surface area (Å²) in [4.78, 5) is 4.31. The van der Waals surface area contributed by atoms with E-state index in [1.807, 2.05) is 0 Å². The summed E-state index contributed by atoms with van der Waals surface area (Å²) in [6.07, 6.45) is 27.1. The Hall–Kier alpha value is -7.09. The maximum absolute atomic E-state index is 6.30. The molecule has 360 valence electrons. The van der Waals surface area contributed by atoms with Crippen LogP contribution in [0, 0.1) is 22.7 Å². The van der Waals surface area contributed by atoms with Crippen molar-refractivity contribution in [1.29, 1.82) is 0 Å². The van der Waals surface area contributed by atoms with Crippen LogP contribution in [0.2, 0.25) is 0 Å². The first-order chi connectivity index (χ1) is 35.8. The summed E-state index contributed by atoms with van der Waals surface area (Å²) in [5.74, 6) is 2.08. The summed E-state index contributed by atoms with van der Waals surface area (Å²) in [5, 5.41) is 13.7. The minimum absolute atomic E-state index is 0.000291. The minimum atomic E-state index is -1.28. The van der Waals surface area contributed by atoms with Crippen molar-refractivity contribution in [2.45, 2.75) is 67.0 Å². The zero-order chi connectivity index (χ0) is 48.6. The normalized spacial score (nSPS) is 29.1. The maximum atomic E-state index is 6.30. The van der Waals surface area contributed by atoms with Crippen LogP contribution in [0.1, 0.15) is 55.0 Å². The van der Waals surface area contributed by atoms with Crippen molar-refractivity contribution in [2.75, 3.05) is 11.6 Å². The third-order valence-electron chi connectivity index (χ3n) is 18.4. The van der Waals surface area contributed by atoms with E-state index in [0.29, 0.717) is 23.1 Å². The molecule has 4 heterocycles. The second-order valence-electron chi connectivity index (χ2n) is 22.3. The third kappa shape index (κ3) is 6.43. The summed E-state index contributed by atoms with van der Waals surface area (Å²) in [7, 11) is -1.28. The van der Waals surface area contributed by atoms with Gasteiger partial charge >= 0.3 is 0 Å². The van der Waals surface area contributed by atoms with Crippen LogP contribution in [0.25, 0.3) is 55.0 Å². The molecule has 7 aromatic carbocycles. The number of allylic oxidation sites excluding steroid dienone is 6. The first-order valence-corrected chi connectivity index (χ1v) is 28.7. The molecule has 1 saturated carbocycles. The van der Waals surface area contributed by atoms with E-state index >= 15 is 0 Å². The Morgan fingerprint density at radius 2 is 1.45 bits per heavy atom. The van der Waals surface area contributed by atoms with Crippen molar-refractivity contribution in [3.05, 3.63) is 241 Å². The van der Waals surface area contributed by atoms with Gasteiger partial charge in [-0.2, -0.15) is 0 Å². The Morgan fingerprint density at radius 3 is 2.30 bits per heavy atom. The number of likely N-dealkylation sites (tertiary alicyclic amines) is 1. The monoisotopic (exact) mass is 968 g/mol. The van der Waals surface area contributed by atoms with Crippen LogP contribution >= 0.6 is 10.0 Å². The highest BCUT2D eigenvalue weighted by Crippen LogP contribution is 2.69. The van der Waals surface area contributed by atoms with Crippen LogP contribution in [0.3, 0.4) is 0 Å². The standard InChI is InChI=1S/C67H60N4OS/c1-43-16-10-15-25-61(43)73(3,50-19-8-5-9-20-50)42-45-26-30-57-53(36-45)54-38-46(27-31-58(54)70(57)49-17-6-4-7-18-49)48-29-33-62-66(2,41-48)67-35-34-44(40-67)37-63(67)71(62)65-68-56-23-13-11-22-52(56)64(69-65)47-28-32-60-55(39-47)51-21-12-14-24-59(51)72-60/h4-36,38-39,41,43-44,61-65,68-69H,37,40,42H2,1-3H3. The smallest absolute Gasteiger partial charge is 0.136 e. The van der Waals surface area contributed by atoms with E-state index in [1.54, 1.807) is 0 Å². The third-order valence-corrected chi connectivity index (χ3v) is 22.5. The average Bonchev–Trinajstić information content (AvgIpc) is 4.29. The Bertz CT molecular complexity index is 3860. The number of nitrogens with zero attached hydrogens (tertiary/aromatic N) is 2. The van der Waals surface area contributed by atoms with Gasteiger partial charge in [0, 0.05) is 66.8 Å². The molecule has 9 aromatic rings. The number of para-hydroxylation sites is 3. The molecule has 1 spiro atoms. The molecule has 5 nitrogen and oxygen atoms in total. The minimum Gasteiger partial charge on any atom is -0.456 e. The lowest BCUT2D eigenvalue weighted by atomic mass is 9.60.